The number of fused-ring (bicyclic) bond motifs is 1. The molecule has 0 radical (unpaired) electrons. The van der Waals surface area contributed by atoms with Gasteiger partial charge in [0.25, 0.3) is 17.4 Å². The number of aromatic nitrogens is 1. The lowest BCUT2D eigenvalue weighted by atomic mass is 10.0. The van der Waals surface area contributed by atoms with Crippen molar-refractivity contribution in [2.75, 3.05) is 12.4 Å². The van der Waals surface area contributed by atoms with Crippen molar-refractivity contribution in [2.45, 2.75) is 30.2 Å². The summed E-state index contributed by atoms with van der Waals surface area (Å²) in [5.74, 6) is -2.43. The van der Waals surface area contributed by atoms with Crippen LogP contribution in [0.5, 0.6) is 5.75 Å². The number of benzene rings is 5. The van der Waals surface area contributed by atoms with Gasteiger partial charge in [-0.25, -0.2) is 9.59 Å². The zero-order valence-electron chi connectivity index (χ0n) is 31.4. The Bertz CT molecular complexity index is 2450. The maximum absolute atomic E-state index is 14.5. The van der Waals surface area contributed by atoms with Crippen LogP contribution in [-0.2, 0) is 30.4 Å². The number of amides is 2. The van der Waals surface area contributed by atoms with Crippen LogP contribution >= 0.6 is 11.8 Å². The zero-order chi connectivity index (χ0) is 40.7. The lowest BCUT2D eigenvalue weighted by Gasteiger charge is -2.49. The molecular weight excluding hydrogens is 771 g/mol. The van der Waals surface area contributed by atoms with Crippen LogP contribution in [0.4, 0.5) is 0 Å². The average molecular weight is 808 g/mol. The molecule has 6 aromatic rings. The molecule has 1 N–H and O–H groups in total. The van der Waals surface area contributed by atoms with Crippen LogP contribution in [0.15, 0.2) is 178 Å². The first kappa shape index (κ1) is 38.7. The minimum Gasteiger partial charge on any atom is -0.484 e. The number of carbonyl (C=O) groups is 4. The topological polar surface area (TPSA) is 146 Å². The monoisotopic (exact) mass is 807 g/mol. The van der Waals surface area contributed by atoms with E-state index in [0.29, 0.717) is 22.4 Å². The van der Waals surface area contributed by atoms with E-state index < -0.39 is 52.9 Å². The van der Waals surface area contributed by atoms with E-state index in [1.54, 1.807) is 24.3 Å². The Balaban J connectivity index is 1.07. The molecule has 2 aliphatic rings. The molecule has 2 atom stereocenters. The van der Waals surface area contributed by atoms with Crippen LogP contribution < -0.4 is 15.6 Å². The highest BCUT2D eigenvalue weighted by Gasteiger charge is 2.54. The average Bonchev–Trinajstić information content (AvgIpc) is 3.66. The van der Waals surface area contributed by atoms with E-state index in [2.05, 4.69) is 5.32 Å². The third kappa shape index (κ3) is 8.60. The molecule has 1 fully saturated rings. The van der Waals surface area contributed by atoms with Crippen molar-refractivity contribution in [3.63, 3.8) is 0 Å². The second-order valence-corrected chi connectivity index (χ2v) is 14.8. The van der Waals surface area contributed by atoms with Crippen molar-refractivity contribution < 1.29 is 37.9 Å². The molecule has 3 heterocycles. The molecule has 1 aromatic heterocycles. The van der Waals surface area contributed by atoms with Gasteiger partial charge in [0.05, 0.1) is 12.6 Å². The lowest BCUT2D eigenvalue weighted by Crippen LogP contribution is -2.71. The van der Waals surface area contributed by atoms with Gasteiger partial charge in [-0.05, 0) is 40.0 Å². The zero-order valence-corrected chi connectivity index (χ0v) is 32.2. The predicted molar refractivity (Wildman–Crippen MR) is 218 cm³/mol. The second-order valence-electron chi connectivity index (χ2n) is 13.7. The number of hydrogen-bond donors (Lipinski definition) is 1. The van der Waals surface area contributed by atoms with Gasteiger partial charge < -0.3 is 24.1 Å². The Morgan fingerprint density at radius 3 is 1.66 bits per heavy atom. The maximum atomic E-state index is 14.5. The highest BCUT2D eigenvalue weighted by Crippen LogP contribution is 2.42. The fraction of sp³-hybridized carbons (Fsp3) is 0.152. The molecule has 13 heteroatoms. The van der Waals surface area contributed by atoms with Crippen LogP contribution in [0, 0.1) is 0 Å². The van der Waals surface area contributed by atoms with Crippen molar-refractivity contribution in [2.24, 2.45) is 0 Å². The first-order valence-electron chi connectivity index (χ1n) is 18.8. The summed E-state index contributed by atoms with van der Waals surface area (Å²) >= 11 is 1.30. The molecule has 0 spiro atoms. The van der Waals surface area contributed by atoms with Crippen LogP contribution in [0.25, 0.3) is 0 Å². The fourth-order valence-corrected chi connectivity index (χ4v) is 8.26. The summed E-state index contributed by atoms with van der Waals surface area (Å²) in [6, 6.07) is 45.6. The SMILES string of the molecule is O=C(COc1ccccc1)NC1C(=O)N2C(C(=O)OC(c3ccccc3)c3ccccc3)=C(Cn3oc(C(=O)OC(c4ccccc4)c4ccccc4)cc3=O)CS[C@H]12. The van der Waals surface area contributed by atoms with E-state index in [1.165, 1.54) is 16.7 Å². The summed E-state index contributed by atoms with van der Waals surface area (Å²) in [5, 5.41) is 2.08. The van der Waals surface area contributed by atoms with Gasteiger partial charge >= 0.3 is 11.9 Å². The summed E-state index contributed by atoms with van der Waals surface area (Å²) in [6.07, 6.45) is -1.63. The molecule has 8 rings (SSSR count). The highest BCUT2D eigenvalue weighted by atomic mass is 32.2. The highest BCUT2D eigenvalue weighted by molar-refractivity contribution is 8.00. The van der Waals surface area contributed by atoms with Crippen molar-refractivity contribution in [1.82, 2.24) is 15.0 Å². The van der Waals surface area contributed by atoms with E-state index >= 15 is 0 Å². The second kappa shape index (κ2) is 17.6. The number of carbonyl (C=O) groups excluding carboxylic acids is 4. The van der Waals surface area contributed by atoms with Crippen molar-refractivity contribution in [1.29, 1.82) is 0 Å². The number of nitrogens with zero attached hydrogens (tertiary/aromatic N) is 2. The fourth-order valence-electron chi connectivity index (χ4n) is 6.92. The van der Waals surface area contributed by atoms with Gasteiger partial charge in [-0.15, -0.1) is 11.8 Å². The van der Waals surface area contributed by atoms with Gasteiger partial charge in [-0.3, -0.25) is 19.3 Å². The predicted octanol–water partition coefficient (Wildman–Crippen LogP) is 6.45. The number of rotatable bonds is 14. The normalized spacial score (nSPS) is 16.0. The maximum Gasteiger partial charge on any atom is 0.378 e. The molecule has 1 unspecified atom stereocenters. The number of thioether (sulfide) groups is 1. The lowest BCUT2D eigenvalue weighted by molar-refractivity contribution is -0.154. The van der Waals surface area contributed by atoms with Crippen LogP contribution in [0.1, 0.15) is 45.0 Å². The molecule has 2 amide bonds. The molecular formula is C46H37N3O9S. The van der Waals surface area contributed by atoms with Crippen molar-refractivity contribution in [3.8, 4) is 5.75 Å². The smallest absolute Gasteiger partial charge is 0.378 e. The van der Waals surface area contributed by atoms with Crippen molar-refractivity contribution >= 4 is 35.5 Å². The molecule has 12 nitrogen and oxygen atoms in total. The molecule has 5 aromatic carbocycles. The molecule has 2 aliphatic heterocycles. The van der Waals surface area contributed by atoms with Gasteiger partial charge in [0.15, 0.2) is 18.8 Å². The number of ether oxygens (including phenoxy) is 3. The van der Waals surface area contributed by atoms with Gasteiger partial charge in [0.2, 0.25) is 5.76 Å². The first-order chi connectivity index (χ1) is 28.8. The summed E-state index contributed by atoms with van der Waals surface area (Å²) in [6.45, 7) is -0.606. The summed E-state index contributed by atoms with van der Waals surface area (Å²) < 4.78 is 24.5. The molecule has 296 valence electrons. The molecule has 0 saturated carbocycles. The quantitative estimate of drug-likeness (QED) is 0.0963. The number of esters is 2. The molecule has 1 saturated heterocycles. The number of para-hydroxylation sites is 1. The van der Waals surface area contributed by atoms with Gasteiger partial charge in [-0.1, -0.05) is 140 Å². The Labute approximate surface area is 343 Å². The summed E-state index contributed by atoms with van der Waals surface area (Å²) in [7, 11) is 0. The molecule has 0 bridgehead atoms. The third-order valence-corrected chi connectivity index (χ3v) is 11.1. The Morgan fingerprint density at radius 2 is 1.15 bits per heavy atom. The first-order valence-corrected chi connectivity index (χ1v) is 19.9. The van der Waals surface area contributed by atoms with Crippen LogP contribution in [0.2, 0.25) is 0 Å². The molecule has 59 heavy (non-hydrogen) atoms. The number of hydrogen-bond acceptors (Lipinski definition) is 10. The summed E-state index contributed by atoms with van der Waals surface area (Å²) in [4.78, 5) is 69.6. The Morgan fingerprint density at radius 1 is 0.678 bits per heavy atom. The summed E-state index contributed by atoms with van der Waals surface area (Å²) in [5.41, 5.74) is 2.43. The Kier molecular flexibility index (Phi) is 11.5. The van der Waals surface area contributed by atoms with E-state index in [4.69, 9.17) is 18.7 Å². The van der Waals surface area contributed by atoms with Crippen LogP contribution in [0.3, 0.4) is 0 Å². The molecule has 0 aliphatic carbocycles. The minimum atomic E-state index is -0.954. The van der Waals surface area contributed by atoms with Crippen molar-refractivity contribution in [3.05, 3.63) is 207 Å². The van der Waals surface area contributed by atoms with E-state index in [1.807, 2.05) is 127 Å². The number of β-lactam (4-membered cyclic amide) rings is 1. The van der Waals surface area contributed by atoms with E-state index in [9.17, 15) is 24.0 Å². The van der Waals surface area contributed by atoms with Gasteiger partial charge in [-0.2, -0.15) is 4.74 Å². The van der Waals surface area contributed by atoms with Gasteiger partial charge in [0, 0.05) is 5.75 Å². The van der Waals surface area contributed by atoms with Gasteiger partial charge in [0.1, 0.15) is 22.9 Å². The minimum absolute atomic E-state index is 0.0812. The largest absolute Gasteiger partial charge is 0.484 e. The van der Waals surface area contributed by atoms with E-state index in [-0.39, 0.29) is 30.4 Å². The Hall–Kier alpha value is -7.12. The standard InChI is InChI=1S/C46H37N3O9S/c50-37(28-55-35-24-14-5-15-25-35)47-39-43(52)49-40(46(54)57-42(32-20-10-3-11-21-32)33-22-12-4-13-23-33)34(29-59-44(39)49)27-48-38(51)26-36(58-48)45(53)56-41(30-16-6-1-7-17-30)31-18-8-2-9-19-31/h1-26,39,41-42,44H,27-29H2,(H,47,50)/t39?,44-/m1/s1. The van der Waals surface area contributed by atoms with E-state index in [0.717, 1.165) is 21.9 Å². The third-order valence-electron chi connectivity index (χ3n) is 9.77. The van der Waals surface area contributed by atoms with Crippen LogP contribution in [-0.4, -0.2) is 57.2 Å². The number of nitrogens with one attached hydrogen (secondary N) is 1.